The van der Waals surface area contributed by atoms with Gasteiger partial charge in [0.05, 0.1) is 11.0 Å². The molecule has 0 atom stereocenters. The first kappa shape index (κ1) is 22.0. The highest BCUT2D eigenvalue weighted by molar-refractivity contribution is 6.09. The van der Waals surface area contributed by atoms with Gasteiger partial charge in [0.25, 0.3) is 0 Å². The summed E-state index contributed by atoms with van der Waals surface area (Å²) in [6, 6.07) is 21.9. The van der Waals surface area contributed by atoms with Gasteiger partial charge < -0.3 is 9.84 Å². The maximum Gasteiger partial charge on any atom is 0.234 e. The molecule has 0 saturated carbocycles. The fraction of sp³-hybridized carbons (Fsp3) is 0.167. The van der Waals surface area contributed by atoms with Crippen LogP contribution in [-0.2, 0) is 5.41 Å². The molecule has 3 aromatic heterocycles. The second-order valence-electron chi connectivity index (χ2n) is 10.1. The Kier molecular flexibility index (Phi) is 4.93. The fourth-order valence-corrected chi connectivity index (χ4v) is 4.59. The minimum Gasteiger partial charge on any atom is -0.505 e. The van der Waals surface area contributed by atoms with Crippen LogP contribution in [-0.4, -0.2) is 24.6 Å². The van der Waals surface area contributed by atoms with Crippen LogP contribution in [0.2, 0.25) is 0 Å². The number of hydrogen-bond acceptors (Lipinski definition) is 5. The standard InChI is InChI=1S/C30H26N4O2/c1-18-6-7-19-8-13-26(33-27(19)28(18)35)36-21-10-11-22-23-16-20(30(2,3)4)9-12-24(23)34(25(22)17-21)29-31-14-5-15-32-29/h5-17,35H,1-4H3. The average Bonchev–Trinajstić information content (AvgIpc) is 3.19. The van der Waals surface area contributed by atoms with Crippen molar-refractivity contribution in [3.63, 3.8) is 0 Å². The number of ether oxygens (including phenoxy) is 1. The summed E-state index contributed by atoms with van der Waals surface area (Å²) in [5, 5.41) is 13.6. The Balaban J connectivity index is 1.53. The third-order valence-electron chi connectivity index (χ3n) is 6.59. The summed E-state index contributed by atoms with van der Waals surface area (Å²) in [5.74, 6) is 1.82. The number of aromatic hydroxyl groups is 1. The Morgan fingerprint density at radius 2 is 1.61 bits per heavy atom. The van der Waals surface area contributed by atoms with E-state index in [9.17, 15) is 5.11 Å². The Morgan fingerprint density at radius 1 is 0.833 bits per heavy atom. The van der Waals surface area contributed by atoms with Gasteiger partial charge in [-0.1, -0.05) is 39.0 Å². The quantitative estimate of drug-likeness (QED) is 0.293. The van der Waals surface area contributed by atoms with Gasteiger partial charge in [-0.15, -0.1) is 0 Å². The van der Waals surface area contributed by atoms with Crippen LogP contribution >= 0.6 is 0 Å². The summed E-state index contributed by atoms with van der Waals surface area (Å²) in [4.78, 5) is 13.6. The number of benzene rings is 3. The van der Waals surface area contributed by atoms with E-state index in [1.54, 1.807) is 12.4 Å². The number of nitrogens with zero attached hydrogens (tertiary/aromatic N) is 4. The molecule has 0 saturated heterocycles. The molecule has 6 rings (SSSR count). The minimum atomic E-state index is 0.0284. The summed E-state index contributed by atoms with van der Waals surface area (Å²) >= 11 is 0. The molecule has 0 aliphatic rings. The van der Waals surface area contributed by atoms with Crippen LogP contribution in [0.1, 0.15) is 31.9 Å². The summed E-state index contributed by atoms with van der Waals surface area (Å²) in [6.07, 6.45) is 3.49. The lowest BCUT2D eigenvalue weighted by molar-refractivity contribution is 0.459. The molecule has 0 amide bonds. The van der Waals surface area contributed by atoms with Crippen molar-refractivity contribution in [2.75, 3.05) is 0 Å². The zero-order valence-corrected chi connectivity index (χ0v) is 20.6. The molecular formula is C30H26N4O2. The molecule has 0 radical (unpaired) electrons. The van der Waals surface area contributed by atoms with Gasteiger partial charge in [-0.05, 0) is 59.9 Å². The van der Waals surface area contributed by atoms with E-state index in [1.165, 1.54) is 5.56 Å². The minimum absolute atomic E-state index is 0.0284. The van der Waals surface area contributed by atoms with Crippen LogP contribution in [0.5, 0.6) is 17.4 Å². The Morgan fingerprint density at radius 3 is 2.39 bits per heavy atom. The number of phenolic OH excluding ortho intramolecular Hbond substituents is 1. The zero-order valence-electron chi connectivity index (χ0n) is 20.6. The lowest BCUT2D eigenvalue weighted by Gasteiger charge is -2.19. The maximum absolute atomic E-state index is 10.5. The number of aryl methyl sites for hydroxylation is 1. The molecule has 36 heavy (non-hydrogen) atoms. The first-order valence-electron chi connectivity index (χ1n) is 11.9. The smallest absolute Gasteiger partial charge is 0.234 e. The van der Waals surface area contributed by atoms with E-state index in [1.807, 2.05) is 49.4 Å². The molecule has 0 bridgehead atoms. The Labute approximate surface area is 208 Å². The van der Waals surface area contributed by atoms with E-state index in [4.69, 9.17) is 4.74 Å². The van der Waals surface area contributed by atoms with E-state index >= 15 is 0 Å². The van der Waals surface area contributed by atoms with Gasteiger partial charge in [0, 0.05) is 40.7 Å². The second-order valence-corrected chi connectivity index (χ2v) is 10.1. The van der Waals surface area contributed by atoms with Gasteiger partial charge in [-0.3, -0.25) is 4.57 Å². The molecular weight excluding hydrogens is 448 g/mol. The molecule has 0 aliphatic carbocycles. The van der Waals surface area contributed by atoms with Crippen molar-refractivity contribution in [3.8, 4) is 23.3 Å². The molecule has 0 aliphatic heterocycles. The van der Waals surface area contributed by atoms with Crippen LogP contribution in [0.15, 0.2) is 79.1 Å². The zero-order chi connectivity index (χ0) is 25.0. The third kappa shape index (κ3) is 3.62. The van der Waals surface area contributed by atoms with Gasteiger partial charge in [0.15, 0.2) is 0 Å². The summed E-state index contributed by atoms with van der Waals surface area (Å²) < 4.78 is 8.24. The number of rotatable bonds is 3. The highest BCUT2D eigenvalue weighted by Crippen LogP contribution is 2.37. The van der Waals surface area contributed by atoms with E-state index in [0.29, 0.717) is 23.1 Å². The number of aromatic nitrogens is 4. The predicted molar refractivity (Wildman–Crippen MR) is 143 cm³/mol. The van der Waals surface area contributed by atoms with Crippen molar-refractivity contribution < 1.29 is 9.84 Å². The largest absolute Gasteiger partial charge is 0.505 e. The van der Waals surface area contributed by atoms with Crippen molar-refractivity contribution in [2.45, 2.75) is 33.1 Å². The first-order chi connectivity index (χ1) is 17.3. The van der Waals surface area contributed by atoms with Gasteiger partial charge >= 0.3 is 0 Å². The normalized spacial score (nSPS) is 12.0. The molecule has 0 spiro atoms. The van der Waals surface area contributed by atoms with E-state index < -0.39 is 0 Å². The topological polar surface area (TPSA) is 73.1 Å². The second kappa shape index (κ2) is 8.05. The molecule has 0 fully saturated rings. The highest BCUT2D eigenvalue weighted by atomic mass is 16.5. The van der Waals surface area contributed by atoms with E-state index in [-0.39, 0.29) is 11.2 Å². The lowest BCUT2D eigenvalue weighted by atomic mass is 9.86. The lowest BCUT2D eigenvalue weighted by Crippen LogP contribution is -2.10. The van der Waals surface area contributed by atoms with Crippen molar-refractivity contribution in [1.82, 2.24) is 19.5 Å². The van der Waals surface area contributed by atoms with E-state index in [2.05, 4.69) is 64.6 Å². The van der Waals surface area contributed by atoms with Crippen molar-refractivity contribution in [3.05, 3.63) is 90.3 Å². The first-order valence-corrected chi connectivity index (χ1v) is 11.9. The van der Waals surface area contributed by atoms with Crippen LogP contribution in [0.25, 0.3) is 38.7 Å². The molecule has 6 aromatic rings. The van der Waals surface area contributed by atoms with Crippen LogP contribution in [0, 0.1) is 6.92 Å². The molecule has 1 N–H and O–H groups in total. The van der Waals surface area contributed by atoms with Crippen LogP contribution in [0.3, 0.4) is 0 Å². The van der Waals surface area contributed by atoms with Crippen molar-refractivity contribution in [2.24, 2.45) is 0 Å². The summed E-state index contributed by atoms with van der Waals surface area (Å²) in [5.41, 5.74) is 4.56. The van der Waals surface area contributed by atoms with Gasteiger partial charge in [0.1, 0.15) is 17.0 Å². The Bertz CT molecular complexity index is 1770. The van der Waals surface area contributed by atoms with Gasteiger partial charge in [0.2, 0.25) is 11.8 Å². The molecule has 6 heteroatoms. The fourth-order valence-electron chi connectivity index (χ4n) is 4.59. The van der Waals surface area contributed by atoms with Gasteiger partial charge in [-0.2, -0.15) is 0 Å². The summed E-state index contributed by atoms with van der Waals surface area (Å²) in [7, 11) is 0. The summed E-state index contributed by atoms with van der Waals surface area (Å²) in [6.45, 7) is 8.51. The third-order valence-corrected chi connectivity index (χ3v) is 6.59. The van der Waals surface area contributed by atoms with Gasteiger partial charge in [-0.25, -0.2) is 15.0 Å². The Hall–Kier alpha value is -4.45. The SMILES string of the molecule is Cc1ccc2ccc(Oc3ccc4c5cc(C(C)(C)C)ccc5n(-c5ncccn5)c4c3)nc2c1O. The van der Waals surface area contributed by atoms with Crippen molar-refractivity contribution >= 4 is 32.7 Å². The monoisotopic (exact) mass is 474 g/mol. The maximum atomic E-state index is 10.5. The molecule has 0 unspecified atom stereocenters. The van der Waals surface area contributed by atoms with Crippen molar-refractivity contribution in [1.29, 1.82) is 0 Å². The highest BCUT2D eigenvalue weighted by Gasteiger charge is 2.19. The number of fused-ring (bicyclic) bond motifs is 4. The average molecular weight is 475 g/mol. The number of phenols is 1. The van der Waals surface area contributed by atoms with Crippen LogP contribution < -0.4 is 4.74 Å². The predicted octanol–water partition coefficient (Wildman–Crippen LogP) is 7.23. The van der Waals surface area contributed by atoms with E-state index in [0.717, 1.165) is 32.8 Å². The molecule has 3 heterocycles. The van der Waals surface area contributed by atoms with Crippen LogP contribution in [0.4, 0.5) is 0 Å². The number of pyridine rings is 1. The molecule has 178 valence electrons. The number of hydrogen-bond donors (Lipinski definition) is 1. The molecule has 6 nitrogen and oxygen atoms in total. The molecule has 3 aromatic carbocycles.